The van der Waals surface area contributed by atoms with E-state index in [0.29, 0.717) is 0 Å². The maximum absolute atomic E-state index is 6.15. The van der Waals surface area contributed by atoms with Crippen molar-refractivity contribution < 1.29 is 0 Å². The van der Waals surface area contributed by atoms with Crippen LogP contribution in [0.3, 0.4) is 0 Å². The number of aromatic nitrogens is 2. The van der Waals surface area contributed by atoms with Crippen LogP contribution in [0.1, 0.15) is 29.8 Å². The van der Waals surface area contributed by atoms with Crippen molar-refractivity contribution in [2.75, 3.05) is 6.54 Å². The fourth-order valence-electron chi connectivity index (χ4n) is 3.37. The molecule has 0 radical (unpaired) electrons. The number of fused-ring (bicyclic) bond motifs is 1. The van der Waals surface area contributed by atoms with Gasteiger partial charge < -0.3 is 10.3 Å². The van der Waals surface area contributed by atoms with Gasteiger partial charge in [-0.15, -0.1) is 0 Å². The van der Waals surface area contributed by atoms with E-state index in [4.69, 9.17) is 5.73 Å². The highest BCUT2D eigenvalue weighted by Gasteiger charge is 2.32. The lowest BCUT2D eigenvalue weighted by Crippen LogP contribution is -2.37. The number of hydrogen-bond donors (Lipinski definition) is 1. The van der Waals surface area contributed by atoms with Crippen molar-refractivity contribution in [2.24, 2.45) is 18.2 Å². The number of imidazole rings is 1. The van der Waals surface area contributed by atoms with E-state index < -0.39 is 0 Å². The first-order valence-corrected chi connectivity index (χ1v) is 7.45. The third kappa shape index (κ3) is 2.50. The van der Waals surface area contributed by atoms with Crippen molar-refractivity contribution in [3.63, 3.8) is 0 Å². The second-order valence-electron chi connectivity index (χ2n) is 6.10. The van der Waals surface area contributed by atoms with Crippen molar-refractivity contribution in [1.29, 1.82) is 0 Å². The summed E-state index contributed by atoms with van der Waals surface area (Å²) in [5, 5.41) is 0. The Labute approximate surface area is 120 Å². The number of nitrogens with two attached hydrogens (primary N) is 1. The first-order valence-electron chi connectivity index (χ1n) is 7.45. The van der Waals surface area contributed by atoms with E-state index >= 15 is 0 Å². The summed E-state index contributed by atoms with van der Waals surface area (Å²) < 4.78 is 2.11. The van der Waals surface area contributed by atoms with E-state index in [0.717, 1.165) is 38.1 Å². The molecule has 1 aromatic carbocycles. The van der Waals surface area contributed by atoms with Crippen LogP contribution in [-0.4, -0.2) is 16.1 Å². The molecule has 0 bridgehead atoms. The number of hydrogen-bond acceptors (Lipinski definition) is 2. The summed E-state index contributed by atoms with van der Waals surface area (Å²) in [6.07, 6.45) is 9.51. The quantitative estimate of drug-likeness (QED) is 0.926. The molecule has 1 unspecified atom stereocenters. The van der Waals surface area contributed by atoms with E-state index in [2.05, 4.69) is 40.9 Å². The summed E-state index contributed by atoms with van der Waals surface area (Å²) in [6.45, 7) is 0.770. The van der Waals surface area contributed by atoms with Crippen molar-refractivity contribution in [1.82, 2.24) is 9.55 Å². The third-order valence-electron chi connectivity index (χ3n) is 4.84. The van der Waals surface area contributed by atoms with Gasteiger partial charge in [0, 0.05) is 25.9 Å². The average Bonchev–Trinajstić information content (AvgIpc) is 2.90. The van der Waals surface area contributed by atoms with Crippen molar-refractivity contribution in [2.45, 2.75) is 32.1 Å². The van der Waals surface area contributed by atoms with Gasteiger partial charge in [-0.25, -0.2) is 4.98 Å². The Kier molecular flexibility index (Phi) is 3.62. The number of nitrogens with zero attached hydrogens (tertiary/aromatic N) is 2. The monoisotopic (exact) mass is 269 g/mol. The molecule has 1 aromatic heterocycles. The van der Waals surface area contributed by atoms with Crippen LogP contribution in [0.4, 0.5) is 0 Å². The Morgan fingerprint density at radius 1 is 1.30 bits per heavy atom. The van der Waals surface area contributed by atoms with Crippen LogP contribution >= 0.6 is 0 Å². The fraction of sp³-hybridized carbons (Fsp3) is 0.471. The molecule has 0 saturated carbocycles. The summed E-state index contributed by atoms with van der Waals surface area (Å²) >= 11 is 0. The van der Waals surface area contributed by atoms with Crippen LogP contribution in [0.2, 0.25) is 0 Å². The summed E-state index contributed by atoms with van der Waals surface area (Å²) in [6, 6.07) is 8.81. The molecule has 0 saturated heterocycles. The van der Waals surface area contributed by atoms with Gasteiger partial charge in [-0.1, -0.05) is 24.3 Å². The highest BCUT2D eigenvalue weighted by Crippen LogP contribution is 2.38. The van der Waals surface area contributed by atoms with E-state index in [1.807, 2.05) is 12.4 Å². The minimum absolute atomic E-state index is 0.250. The van der Waals surface area contributed by atoms with Gasteiger partial charge in [0.1, 0.15) is 5.82 Å². The second kappa shape index (κ2) is 5.41. The molecule has 20 heavy (non-hydrogen) atoms. The summed E-state index contributed by atoms with van der Waals surface area (Å²) in [5.41, 5.74) is 9.39. The number of aryl methyl sites for hydroxylation is 3. The van der Waals surface area contributed by atoms with Gasteiger partial charge in [-0.05, 0) is 48.8 Å². The Balaban J connectivity index is 1.75. The lowest BCUT2D eigenvalue weighted by Gasteiger charge is -2.37. The van der Waals surface area contributed by atoms with Crippen molar-refractivity contribution >= 4 is 0 Å². The summed E-state index contributed by atoms with van der Waals surface area (Å²) in [7, 11) is 2.06. The molecular formula is C17H23N3. The zero-order chi connectivity index (χ0) is 14.0. The van der Waals surface area contributed by atoms with E-state index in [1.54, 1.807) is 0 Å². The largest absolute Gasteiger partial charge is 0.338 e. The lowest BCUT2D eigenvalue weighted by atomic mass is 9.69. The minimum Gasteiger partial charge on any atom is -0.338 e. The van der Waals surface area contributed by atoms with Gasteiger partial charge in [0.25, 0.3) is 0 Å². The van der Waals surface area contributed by atoms with Crippen molar-refractivity contribution in [3.05, 3.63) is 53.6 Å². The summed E-state index contributed by atoms with van der Waals surface area (Å²) in [4.78, 5) is 4.43. The molecule has 1 aliphatic carbocycles. The smallest absolute Gasteiger partial charge is 0.108 e. The molecule has 2 N–H and O–H groups in total. The molecule has 3 nitrogen and oxygen atoms in total. The Hall–Kier alpha value is -1.61. The summed E-state index contributed by atoms with van der Waals surface area (Å²) in [5.74, 6) is 1.16. The van der Waals surface area contributed by atoms with Gasteiger partial charge in [-0.3, -0.25) is 0 Å². The molecule has 3 heteroatoms. The van der Waals surface area contributed by atoms with E-state index in [9.17, 15) is 0 Å². The van der Waals surface area contributed by atoms with Gasteiger partial charge in [-0.2, -0.15) is 0 Å². The molecule has 0 aliphatic heterocycles. The van der Waals surface area contributed by atoms with Crippen LogP contribution in [-0.2, 0) is 26.3 Å². The van der Waals surface area contributed by atoms with Gasteiger partial charge in [0.05, 0.1) is 0 Å². The molecule has 0 fully saturated rings. The molecule has 106 valence electrons. The Morgan fingerprint density at radius 3 is 2.80 bits per heavy atom. The van der Waals surface area contributed by atoms with Crippen molar-refractivity contribution in [3.8, 4) is 0 Å². The van der Waals surface area contributed by atoms with Crippen LogP contribution in [0.15, 0.2) is 36.7 Å². The number of rotatable bonds is 4. The van der Waals surface area contributed by atoms with Crippen LogP contribution in [0.5, 0.6) is 0 Å². The van der Waals surface area contributed by atoms with Crippen LogP contribution in [0, 0.1) is 5.41 Å². The molecule has 3 rings (SSSR count). The molecule has 0 amide bonds. The number of benzene rings is 1. The van der Waals surface area contributed by atoms with Gasteiger partial charge in [0.15, 0.2) is 0 Å². The maximum Gasteiger partial charge on any atom is 0.108 e. The van der Waals surface area contributed by atoms with Crippen LogP contribution < -0.4 is 5.73 Å². The second-order valence-corrected chi connectivity index (χ2v) is 6.10. The molecule has 0 spiro atoms. The molecule has 1 heterocycles. The molecule has 1 aliphatic rings. The standard InChI is InChI=1S/C17H23N3/c1-20-11-10-19-16(20)7-9-17(13-18)8-6-14-4-2-3-5-15(14)12-17/h2-5,10-11H,6-9,12-13,18H2,1H3. The maximum atomic E-state index is 6.15. The average molecular weight is 269 g/mol. The first-order chi connectivity index (χ1) is 9.72. The zero-order valence-electron chi connectivity index (χ0n) is 12.2. The van der Waals surface area contributed by atoms with Crippen LogP contribution in [0.25, 0.3) is 0 Å². The topological polar surface area (TPSA) is 43.8 Å². The molecule has 2 aromatic rings. The van der Waals surface area contributed by atoms with E-state index in [-0.39, 0.29) is 5.41 Å². The Morgan fingerprint density at radius 2 is 2.10 bits per heavy atom. The van der Waals surface area contributed by atoms with Gasteiger partial charge in [0.2, 0.25) is 0 Å². The SMILES string of the molecule is Cn1ccnc1CCC1(CN)CCc2ccccc2C1. The van der Waals surface area contributed by atoms with Gasteiger partial charge >= 0.3 is 0 Å². The normalized spacial score (nSPS) is 21.7. The minimum atomic E-state index is 0.250. The lowest BCUT2D eigenvalue weighted by molar-refractivity contribution is 0.233. The predicted molar refractivity (Wildman–Crippen MR) is 81.5 cm³/mol. The zero-order valence-corrected chi connectivity index (χ0v) is 12.2. The fourth-order valence-corrected chi connectivity index (χ4v) is 3.37. The highest BCUT2D eigenvalue weighted by atomic mass is 15.0. The predicted octanol–water partition coefficient (Wildman–Crippen LogP) is 2.49. The third-order valence-corrected chi connectivity index (χ3v) is 4.84. The molecule has 1 atom stereocenters. The first kappa shape index (κ1) is 13.4. The highest BCUT2D eigenvalue weighted by molar-refractivity contribution is 5.31. The Bertz CT molecular complexity index is 587. The van der Waals surface area contributed by atoms with E-state index in [1.165, 1.54) is 17.5 Å². The molecular weight excluding hydrogens is 246 g/mol.